The molecule has 1 aromatic heterocycles. The van der Waals surface area contributed by atoms with Crippen LogP contribution in [0.3, 0.4) is 0 Å². The lowest BCUT2D eigenvalue weighted by molar-refractivity contribution is 0.773. The van der Waals surface area contributed by atoms with Gasteiger partial charge in [-0.15, -0.1) is 0 Å². The van der Waals surface area contributed by atoms with Crippen molar-refractivity contribution in [3.8, 4) is 0 Å². The number of hydrazone groups is 1. The van der Waals surface area contributed by atoms with Crippen LogP contribution in [0.4, 0.5) is 0 Å². The number of aliphatic imine (C=N–C) groups is 1. The third kappa shape index (κ3) is 3.31. The fourth-order valence-corrected chi connectivity index (χ4v) is 2.90. The summed E-state index contributed by atoms with van der Waals surface area (Å²) < 4.78 is 0. The predicted molar refractivity (Wildman–Crippen MR) is 92.7 cm³/mol. The van der Waals surface area contributed by atoms with Gasteiger partial charge < -0.3 is 0 Å². The molecule has 0 saturated heterocycles. The van der Waals surface area contributed by atoms with Crippen molar-refractivity contribution >= 4 is 11.5 Å². The maximum Gasteiger partial charge on any atom is 0.125 e. The van der Waals surface area contributed by atoms with Gasteiger partial charge in [0.25, 0.3) is 0 Å². The van der Waals surface area contributed by atoms with Gasteiger partial charge in [-0.3, -0.25) is 15.4 Å². The molecule has 23 heavy (non-hydrogen) atoms. The second-order valence-electron chi connectivity index (χ2n) is 6.24. The number of rotatable bonds is 4. The fraction of sp³-hybridized carbons (Fsp3) is 0.316. The standard InChI is InChI=1S/C19H20N4/c1-2-4-16(5-3-1)18-12-17(15-8-10-20-11-9-15)19(23-22-18)21-13-14-6-7-14/h1-5,8-11,14,17H,6-7,12-13H2,(H,21,23). The predicted octanol–water partition coefficient (Wildman–Crippen LogP) is 3.37. The fourth-order valence-electron chi connectivity index (χ4n) is 2.90. The van der Waals surface area contributed by atoms with Crippen LogP contribution in [-0.4, -0.2) is 23.1 Å². The Hall–Kier alpha value is -2.49. The van der Waals surface area contributed by atoms with Crippen molar-refractivity contribution < 1.29 is 0 Å². The van der Waals surface area contributed by atoms with Gasteiger partial charge in [-0.2, -0.15) is 5.10 Å². The van der Waals surface area contributed by atoms with Crippen LogP contribution in [-0.2, 0) is 0 Å². The molecule has 2 aromatic rings. The van der Waals surface area contributed by atoms with E-state index in [1.807, 2.05) is 18.5 Å². The van der Waals surface area contributed by atoms with Crippen LogP contribution in [0.1, 0.15) is 36.3 Å². The monoisotopic (exact) mass is 304 g/mol. The normalized spacial score (nSPS) is 22.5. The maximum absolute atomic E-state index is 4.81. The second kappa shape index (κ2) is 6.32. The van der Waals surface area contributed by atoms with E-state index in [2.05, 4.69) is 51.9 Å². The quantitative estimate of drug-likeness (QED) is 0.941. The van der Waals surface area contributed by atoms with Crippen LogP contribution in [0.2, 0.25) is 0 Å². The molecule has 1 aliphatic heterocycles. The van der Waals surface area contributed by atoms with E-state index in [0.29, 0.717) is 0 Å². The number of pyridine rings is 1. The Labute approximate surface area is 136 Å². The van der Waals surface area contributed by atoms with Gasteiger partial charge in [0, 0.05) is 31.3 Å². The minimum Gasteiger partial charge on any atom is -0.270 e. The van der Waals surface area contributed by atoms with Crippen molar-refractivity contribution in [2.75, 3.05) is 6.54 Å². The maximum atomic E-state index is 4.81. The number of hydrogen-bond donors (Lipinski definition) is 1. The van der Waals surface area contributed by atoms with Gasteiger partial charge >= 0.3 is 0 Å². The molecule has 1 aromatic carbocycles. The van der Waals surface area contributed by atoms with Crippen molar-refractivity contribution in [3.05, 3.63) is 66.0 Å². The highest BCUT2D eigenvalue weighted by molar-refractivity contribution is 6.07. The van der Waals surface area contributed by atoms with E-state index in [1.54, 1.807) is 0 Å². The molecule has 0 amide bonds. The minimum atomic E-state index is 0.226. The number of nitrogens with zero attached hydrogens (tertiary/aromatic N) is 3. The number of nitrogens with one attached hydrogen (secondary N) is 1. The molecule has 1 atom stereocenters. The summed E-state index contributed by atoms with van der Waals surface area (Å²) in [4.78, 5) is 8.95. The first-order chi connectivity index (χ1) is 11.4. The van der Waals surface area contributed by atoms with Crippen molar-refractivity contribution in [1.82, 2.24) is 10.4 Å². The van der Waals surface area contributed by atoms with Crippen molar-refractivity contribution in [1.29, 1.82) is 0 Å². The molecule has 4 rings (SSSR count). The molecule has 2 aliphatic rings. The molecule has 4 heteroatoms. The molecule has 2 heterocycles. The van der Waals surface area contributed by atoms with Gasteiger partial charge in [-0.25, -0.2) is 0 Å². The van der Waals surface area contributed by atoms with Crippen molar-refractivity contribution in [3.63, 3.8) is 0 Å². The zero-order valence-corrected chi connectivity index (χ0v) is 13.0. The molecule has 0 bridgehead atoms. The summed E-state index contributed by atoms with van der Waals surface area (Å²) in [5, 5.41) is 4.58. The lowest BCUT2D eigenvalue weighted by atomic mass is 9.89. The van der Waals surface area contributed by atoms with E-state index in [-0.39, 0.29) is 5.92 Å². The van der Waals surface area contributed by atoms with Crippen LogP contribution in [0.25, 0.3) is 0 Å². The molecule has 0 radical (unpaired) electrons. The van der Waals surface area contributed by atoms with E-state index in [0.717, 1.165) is 30.4 Å². The molecular formula is C19H20N4. The molecule has 4 nitrogen and oxygen atoms in total. The smallest absolute Gasteiger partial charge is 0.125 e. The summed E-state index contributed by atoms with van der Waals surface area (Å²) in [6.07, 6.45) is 7.19. The molecular weight excluding hydrogens is 284 g/mol. The van der Waals surface area contributed by atoms with Gasteiger partial charge in [0.05, 0.1) is 5.71 Å². The SMILES string of the molecule is c1ccc(C2=NNC(=NCC3CC3)C(c3ccncc3)C2)cc1. The lowest BCUT2D eigenvalue weighted by Crippen LogP contribution is -2.34. The highest BCUT2D eigenvalue weighted by Gasteiger charge is 2.27. The van der Waals surface area contributed by atoms with Gasteiger partial charge in [0.2, 0.25) is 0 Å². The van der Waals surface area contributed by atoms with Gasteiger partial charge in [-0.05, 0) is 42.0 Å². The Bertz CT molecular complexity index is 718. The highest BCUT2D eigenvalue weighted by atomic mass is 15.3. The van der Waals surface area contributed by atoms with Crippen LogP contribution in [0.5, 0.6) is 0 Å². The van der Waals surface area contributed by atoms with Gasteiger partial charge in [0.1, 0.15) is 5.84 Å². The summed E-state index contributed by atoms with van der Waals surface area (Å²) in [7, 11) is 0. The Morgan fingerprint density at radius 2 is 1.83 bits per heavy atom. The largest absolute Gasteiger partial charge is 0.270 e. The Morgan fingerprint density at radius 3 is 2.57 bits per heavy atom. The third-order valence-corrected chi connectivity index (χ3v) is 4.47. The Balaban J connectivity index is 1.64. The average Bonchev–Trinajstić information content (AvgIpc) is 3.46. The topological polar surface area (TPSA) is 49.6 Å². The number of aromatic nitrogens is 1. The first kappa shape index (κ1) is 14.1. The third-order valence-electron chi connectivity index (χ3n) is 4.47. The summed E-state index contributed by atoms with van der Waals surface area (Å²) in [6.45, 7) is 0.917. The van der Waals surface area contributed by atoms with Crippen molar-refractivity contribution in [2.24, 2.45) is 16.0 Å². The van der Waals surface area contributed by atoms with E-state index < -0.39 is 0 Å². The second-order valence-corrected chi connectivity index (χ2v) is 6.24. The van der Waals surface area contributed by atoms with Crippen LogP contribution in [0.15, 0.2) is 65.0 Å². The Kier molecular flexibility index (Phi) is 3.88. The van der Waals surface area contributed by atoms with Crippen LogP contribution in [0, 0.1) is 5.92 Å². The minimum absolute atomic E-state index is 0.226. The van der Waals surface area contributed by atoms with E-state index >= 15 is 0 Å². The molecule has 1 N–H and O–H groups in total. The van der Waals surface area contributed by atoms with Crippen LogP contribution >= 0.6 is 0 Å². The first-order valence-corrected chi connectivity index (χ1v) is 8.22. The van der Waals surface area contributed by atoms with E-state index in [4.69, 9.17) is 4.99 Å². The van der Waals surface area contributed by atoms with Crippen LogP contribution < -0.4 is 5.43 Å². The molecule has 1 saturated carbocycles. The van der Waals surface area contributed by atoms with Gasteiger partial charge in [0.15, 0.2) is 0 Å². The van der Waals surface area contributed by atoms with Gasteiger partial charge in [-0.1, -0.05) is 30.3 Å². The average molecular weight is 304 g/mol. The summed E-state index contributed by atoms with van der Waals surface area (Å²) in [5.74, 6) is 1.99. The number of benzene rings is 1. The first-order valence-electron chi connectivity index (χ1n) is 8.22. The lowest BCUT2D eigenvalue weighted by Gasteiger charge is -2.25. The molecule has 1 unspecified atom stereocenters. The summed E-state index contributed by atoms with van der Waals surface area (Å²) in [5.41, 5.74) is 6.71. The summed E-state index contributed by atoms with van der Waals surface area (Å²) in [6, 6.07) is 14.5. The molecule has 116 valence electrons. The summed E-state index contributed by atoms with van der Waals surface area (Å²) >= 11 is 0. The number of hydrogen-bond acceptors (Lipinski definition) is 3. The molecule has 1 aliphatic carbocycles. The zero-order chi connectivity index (χ0) is 15.5. The zero-order valence-electron chi connectivity index (χ0n) is 13.0. The van der Waals surface area contributed by atoms with Crippen molar-refractivity contribution in [2.45, 2.75) is 25.2 Å². The van der Waals surface area contributed by atoms with E-state index in [1.165, 1.54) is 24.0 Å². The number of amidine groups is 1. The highest BCUT2D eigenvalue weighted by Crippen LogP contribution is 2.30. The Morgan fingerprint density at radius 1 is 1.04 bits per heavy atom. The molecule has 1 fully saturated rings. The van der Waals surface area contributed by atoms with E-state index in [9.17, 15) is 0 Å². The molecule has 0 spiro atoms.